The molecule has 0 aliphatic carbocycles. The molecule has 0 aliphatic heterocycles. The van der Waals surface area contributed by atoms with E-state index in [1.807, 2.05) is 0 Å². The molecule has 1 aromatic carbocycles. The van der Waals surface area contributed by atoms with Crippen LogP contribution in [0.2, 0.25) is 0 Å². The second kappa shape index (κ2) is 5.09. The topological polar surface area (TPSA) is 72.5 Å². The highest BCUT2D eigenvalue weighted by molar-refractivity contribution is 5.79. The first-order chi connectivity index (χ1) is 7.91. The third-order valence-electron chi connectivity index (χ3n) is 2.21. The predicted molar refractivity (Wildman–Crippen MR) is 56.6 cm³/mol. The molecule has 4 nitrogen and oxygen atoms in total. The summed E-state index contributed by atoms with van der Waals surface area (Å²) in [7, 11) is 0. The number of alkyl halides is 2. The molecular weight excluding hydrogens is 232 g/mol. The Labute approximate surface area is 97.0 Å². The van der Waals surface area contributed by atoms with Gasteiger partial charge in [0.1, 0.15) is 11.8 Å². The maximum Gasteiger partial charge on any atom is 0.379 e. The van der Waals surface area contributed by atoms with Gasteiger partial charge in [0.25, 0.3) is 0 Å². The minimum atomic E-state index is -3.88. The molecule has 6 heteroatoms. The molecule has 0 spiro atoms. The van der Waals surface area contributed by atoms with Gasteiger partial charge in [-0.25, -0.2) is 4.79 Å². The molecule has 1 aromatic rings. The quantitative estimate of drug-likeness (QED) is 0.790. The number of nitrogens with two attached hydrogens (primary N) is 1. The highest BCUT2D eigenvalue weighted by Gasteiger charge is 2.48. The van der Waals surface area contributed by atoms with Crippen molar-refractivity contribution in [3.05, 3.63) is 29.8 Å². The summed E-state index contributed by atoms with van der Waals surface area (Å²) < 4.78 is 31.3. The van der Waals surface area contributed by atoms with E-state index in [1.165, 1.54) is 31.2 Å². The van der Waals surface area contributed by atoms with Gasteiger partial charge in [-0.3, -0.25) is 0 Å². The Morgan fingerprint density at radius 2 is 2.12 bits per heavy atom. The first-order valence-electron chi connectivity index (χ1n) is 4.99. The van der Waals surface area contributed by atoms with E-state index in [4.69, 9.17) is 5.73 Å². The molecule has 0 amide bonds. The Balaban J connectivity index is 3.00. The Hall–Kier alpha value is -1.69. The number of rotatable bonds is 4. The molecule has 3 N–H and O–H groups in total. The van der Waals surface area contributed by atoms with Crippen molar-refractivity contribution < 1.29 is 23.4 Å². The summed E-state index contributed by atoms with van der Waals surface area (Å²) in [6.07, 6.45) is 0. The van der Waals surface area contributed by atoms with Gasteiger partial charge in [-0.1, -0.05) is 18.2 Å². The summed E-state index contributed by atoms with van der Waals surface area (Å²) in [5.41, 5.74) is 5.09. The highest BCUT2D eigenvalue weighted by Crippen LogP contribution is 2.34. The minimum Gasteiger partial charge on any atom is -0.508 e. The molecular formula is C11H13F2NO3. The molecule has 0 aromatic heterocycles. The number of aromatic hydroxyl groups is 1. The zero-order valence-electron chi connectivity index (χ0n) is 9.19. The van der Waals surface area contributed by atoms with Crippen LogP contribution in [0.4, 0.5) is 8.78 Å². The predicted octanol–water partition coefficient (Wildman–Crippen LogP) is 1.59. The van der Waals surface area contributed by atoms with E-state index >= 15 is 0 Å². The van der Waals surface area contributed by atoms with Gasteiger partial charge < -0.3 is 15.6 Å². The molecule has 1 atom stereocenters. The molecule has 0 bridgehead atoms. The number of phenolic OH excluding ortho intramolecular Hbond substituents is 1. The Kier molecular flexibility index (Phi) is 4.01. The van der Waals surface area contributed by atoms with Gasteiger partial charge in [0.2, 0.25) is 0 Å². The van der Waals surface area contributed by atoms with Gasteiger partial charge in [0.05, 0.1) is 6.61 Å². The lowest BCUT2D eigenvalue weighted by Crippen LogP contribution is -2.41. The van der Waals surface area contributed by atoms with Crippen LogP contribution >= 0.6 is 0 Å². The smallest absolute Gasteiger partial charge is 0.379 e. The van der Waals surface area contributed by atoms with Gasteiger partial charge in [-0.15, -0.1) is 0 Å². The number of phenols is 1. The molecule has 0 heterocycles. The van der Waals surface area contributed by atoms with E-state index in [1.54, 1.807) is 0 Å². The molecule has 0 fully saturated rings. The average molecular weight is 245 g/mol. The number of halogens is 2. The van der Waals surface area contributed by atoms with E-state index in [2.05, 4.69) is 4.74 Å². The van der Waals surface area contributed by atoms with E-state index in [0.717, 1.165) is 0 Å². The van der Waals surface area contributed by atoms with E-state index < -0.39 is 17.9 Å². The van der Waals surface area contributed by atoms with Crippen molar-refractivity contribution >= 4 is 5.97 Å². The maximum atomic E-state index is 13.6. The lowest BCUT2D eigenvalue weighted by molar-refractivity contribution is -0.174. The summed E-state index contributed by atoms with van der Waals surface area (Å²) in [6, 6.07) is 3.41. The van der Waals surface area contributed by atoms with Crippen LogP contribution in [0.15, 0.2) is 24.3 Å². The number of para-hydroxylation sites is 1. The van der Waals surface area contributed by atoms with Crippen LogP contribution in [0.3, 0.4) is 0 Å². The van der Waals surface area contributed by atoms with Gasteiger partial charge in [-0.05, 0) is 13.0 Å². The van der Waals surface area contributed by atoms with Crippen molar-refractivity contribution in [2.24, 2.45) is 5.73 Å². The van der Waals surface area contributed by atoms with Crippen LogP contribution in [0.25, 0.3) is 0 Å². The van der Waals surface area contributed by atoms with Crippen molar-refractivity contribution in [3.8, 4) is 5.75 Å². The van der Waals surface area contributed by atoms with Crippen LogP contribution in [0.5, 0.6) is 5.75 Å². The first kappa shape index (κ1) is 13.4. The van der Waals surface area contributed by atoms with Crippen LogP contribution in [0.1, 0.15) is 18.5 Å². The second-order valence-corrected chi connectivity index (χ2v) is 3.38. The number of esters is 1. The van der Waals surface area contributed by atoms with Crippen LogP contribution in [0, 0.1) is 0 Å². The Morgan fingerprint density at radius 1 is 1.53 bits per heavy atom. The highest BCUT2D eigenvalue weighted by atomic mass is 19.3. The number of hydrogen-bond acceptors (Lipinski definition) is 4. The van der Waals surface area contributed by atoms with E-state index in [9.17, 15) is 18.7 Å². The molecule has 0 saturated carbocycles. The lowest BCUT2D eigenvalue weighted by atomic mass is 10.0. The first-order valence-corrected chi connectivity index (χ1v) is 4.99. The summed E-state index contributed by atoms with van der Waals surface area (Å²) in [5, 5.41) is 9.39. The maximum absolute atomic E-state index is 13.6. The van der Waals surface area contributed by atoms with Crippen molar-refractivity contribution in [1.29, 1.82) is 0 Å². The van der Waals surface area contributed by atoms with Gasteiger partial charge >= 0.3 is 11.9 Å². The van der Waals surface area contributed by atoms with Gasteiger partial charge in [0, 0.05) is 5.56 Å². The second-order valence-electron chi connectivity index (χ2n) is 3.38. The third kappa shape index (κ3) is 2.71. The number of carbonyl (C=O) groups excluding carboxylic acids is 1. The van der Waals surface area contributed by atoms with Crippen LogP contribution < -0.4 is 5.73 Å². The molecule has 94 valence electrons. The monoisotopic (exact) mass is 245 g/mol. The number of carbonyl (C=O) groups is 1. The van der Waals surface area contributed by atoms with E-state index in [-0.39, 0.29) is 17.9 Å². The molecule has 17 heavy (non-hydrogen) atoms. The fraction of sp³-hybridized carbons (Fsp3) is 0.364. The largest absolute Gasteiger partial charge is 0.508 e. The van der Waals surface area contributed by atoms with Crippen LogP contribution in [-0.2, 0) is 9.53 Å². The van der Waals surface area contributed by atoms with Gasteiger partial charge in [0.15, 0.2) is 0 Å². The standard InChI is InChI=1S/C11H13F2NO3/c1-2-17-10(16)11(12,13)9(14)7-5-3-4-6-8(7)15/h3-6,9,15H,2,14H2,1H3/t9-/m1/s1. The van der Waals surface area contributed by atoms with Crippen LogP contribution in [-0.4, -0.2) is 23.6 Å². The zero-order valence-corrected chi connectivity index (χ0v) is 9.19. The minimum absolute atomic E-state index is 0.165. The third-order valence-corrected chi connectivity index (χ3v) is 2.21. The average Bonchev–Trinajstić information content (AvgIpc) is 2.29. The zero-order chi connectivity index (χ0) is 13.1. The van der Waals surface area contributed by atoms with Gasteiger partial charge in [-0.2, -0.15) is 8.78 Å². The molecule has 1 rings (SSSR count). The van der Waals surface area contributed by atoms with Crippen molar-refractivity contribution in [1.82, 2.24) is 0 Å². The number of benzene rings is 1. The fourth-order valence-electron chi connectivity index (χ4n) is 1.30. The summed E-state index contributed by atoms with van der Waals surface area (Å²) in [5.74, 6) is -5.96. The summed E-state index contributed by atoms with van der Waals surface area (Å²) >= 11 is 0. The summed E-state index contributed by atoms with van der Waals surface area (Å²) in [4.78, 5) is 11.1. The Morgan fingerprint density at radius 3 is 2.65 bits per heavy atom. The SMILES string of the molecule is CCOC(=O)C(F)(F)[C@H](N)c1ccccc1O. The van der Waals surface area contributed by atoms with Crippen molar-refractivity contribution in [3.63, 3.8) is 0 Å². The molecule has 0 saturated heterocycles. The number of hydrogen-bond donors (Lipinski definition) is 2. The van der Waals surface area contributed by atoms with Crippen molar-refractivity contribution in [2.45, 2.75) is 18.9 Å². The van der Waals surface area contributed by atoms with Crippen molar-refractivity contribution in [2.75, 3.05) is 6.61 Å². The summed E-state index contributed by atoms with van der Waals surface area (Å²) in [6.45, 7) is 1.25. The number of ether oxygens (including phenoxy) is 1. The molecule has 0 radical (unpaired) electrons. The Bertz CT molecular complexity index is 409. The van der Waals surface area contributed by atoms with E-state index in [0.29, 0.717) is 0 Å². The molecule has 0 aliphatic rings. The fourth-order valence-corrected chi connectivity index (χ4v) is 1.30. The normalized spacial score (nSPS) is 13.2. The molecule has 0 unspecified atom stereocenters. The lowest BCUT2D eigenvalue weighted by Gasteiger charge is -2.22.